The van der Waals surface area contributed by atoms with Gasteiger partial charge in [-0.05, 0) is 31.5 Å². The maximum atomic E-state index is 12.8. The smallest absolute Gasteiger partial charge is 0.394 e. The number of H-pyrrole nitrogens is 1. The quantitative estimate of drug-likeness (QED) is 0.463. The van der Waals surface area contributed by atoms with E-state index in [2.05, 4.69) is 15.1 Å². The van der Waals surface area contributed by atoms with E-state index in [4.69, 9.17) is 5.73 Å². The third-order valence-corrected chi connectivity index (χ3v) is 4.56. The van der Waals surface area contributed by atoms with Gasteiger partial charge >= 0.3 is 11.6 Å². The number of aryl methyl sites for hydroxylation is 2. The minimum atomic E-state index is -0.377. The number of nitrogens with two attached hydrogens (primary N) is 1. The second-order valence-corrected chi connectivity index (χ2v) is 6.65. The van der Waals surface area contributed by atoms with E-state index in [1.165, 1.54) is 9.08 Å². The third kappa shape index (κ3) is 2.93. The fourth-order valence-electron chi connectivity index (χ4n) is 3.46. The summed E-state index contributed by atoms with van der Waals surface area (Å²) in [7, 11) is 0. The Balaban J connectivity index is 2.15. The zero-order chi connectivity index (χ0) is 19.8. The van der Waals surface area contributed by atoms with Crippen LogP contribution in [0.5, 0.6) is 0 Å². The SMILES string of the molecule is Cc1cc(-c2c(-c3ccccc3)nc(N)[n+]3c(=O)n(CCO)[nH]c23)cc(C)n1. The van der Waals surface area contributed by atoms with Gasteiger partial charge in [0.05, 0.1) is 12.2 Å². The Hall–Kier alpha value is -3.52. The van der Waals surface area contributed by atoms with Crippen LogP contribution in [0.4, 0.5) is 5.95 Å². The maximum Gasteiger partial charge on any atom is 0.428 e. The van der Waals surface area contributed by atoms with E-state index >= 15 is 0 Å². The summed E-state index contributed by atoms with van der Waals surface area (Å²) < 4.78 is 2.66. The largest absolute Gasteiger partial charge is 0.428 e. The lowest BCUT2D eigenvalue weighted by molar-refractivity contribution is -0.516. The highest BCUT2D eigenvalue weighted by molar-refractivity contribution is 5.88. The summed E-state index contributed by atoms with van der Waals surface area (Å²) in [5.41, 5.74) is 11.2. The second kappa shape index (κ2) is 6.90. The Morgan fingerprint density at radius 1 is 1.11 bits per heavy atom. The number of fused-ring (bicyclic) bond motifs is 1. The van der Waals surface area contributed by atoms with E-state index in [1.54, 1.807) is 0 Å². The molecule has 3 heterocycles. The van der Waals surface area contributed by atoms with Gasteiger partial charge in [0.25, 0.3) is 0 Å². The van der Waals surface area contributed by atoms with Crippen molar-refractivity contribution in [2.24, 2.45) is 0 Å². The van der Waals surface area contributed by atoms with Gasteiger partial charge in [0.2, 0.25) is 5.65 Å². The van der Waals surface area contributed by atoms with Crippen molar-refractivity contribution in [1.29, 1.82) is 0 Å². The number of aromatic amines is 1. The lowest BCUT2D eigenvalue weighted by atomic mass is 9.99. The van der Waals surface area contributed by atoms with Gasteiger partial charge < -0.3 is 10.8 Å². The number of rotatable bonds is 4. The lowest BCUT2D eigenvalue weighted by Crippen LogP contribution is -2.44. The maximum absolute atomic E-state index is 12.8. The Labute approximate surface area is 160 Å². The van der Waals surface area contributed by atoms with Gasteiger partial charge in [0.15, 0.2) is 0 Å². The van der Waals surface area contributed by atoms with Crippen molar-refractivity contribution >= 4 is 11.6 Å². The van der Waals surface area contributed by atoms with Crippen LogP contribution in [-0.4, -0.2) is 31.5 Å². The number of aliphatic hydroxyl groups is 1. The van der Waals surface area contributed by atoms with E-state index in [9.17, 15) is 9.90 Å². The number of benzene rings is 1. The normalized spacial score (nSPS) is 11.2. The van der Waals surface area contributed by atoms with E-state index in [0.29, 0.717) is 11.3 Å². The summed E-state index contributed by atoms with van der Waals surface area (Å²) in [4.78, 5) is 21.8. The molecular weight excluding hydrogens is 356 g/mol. The number of nitrogens with one attached hydrogen (secondary N) is 1. The summed E-state index contributed by atoms with van der Waals surface area (Å²) in [5, 5.41) is 12.4. The number of nitrogen functional groups attached to an aromatic ring is 1. The molecule has 0 aliphatic rings. The van der Waals surface area contributed by atoms with Crippen molar-refractivity contribution in [3.63, 3.8) is 0 Å². The van der Waals surface area contributed by atoms with Crippen LogP contribution in [0.1, 0.15) is 11.4 Å². The lowest BCUT2D eigenvalue weighted by Gasteiger charge is -2.10. The topological polar surface area (TPSA) is 114 Å². The number of aromatic nitrogens is 5. The molecule has 0 spiro atoms. The van der Waals surface area contributed by atoms with Crippen LogP contribution in [-0.2, 0) is 6.54 Å². The number of pyridine rings is 1. The molecule has 3 aromatic heterocycles. The molecule has 0 fully saturated rings. The summed E-state index contributed by atoms with van der Waals surface area (Å²) in [5.74, 6) is 0.0815. The van der Waals surface area contributed by atoms with Gasteiger partial charge in [0.1, 0.15) is 12.2 Å². The molecule has 0 unspecified atom stereocenters. The molecule has 28 heavy (non-hydrogen) atoms. The Kier molecular flexibility index (Phi) is 4.40. The molecule has 0 amide bonds. The van der Waals surface area contributed by atoms with Gasteiger partial charge in [-0.25, -0.2) is 9.89 Å². The zero-order valence-corrected chi connectivity index (χ0v) is 15.7. The summed E-state index contributed by atoms with van der Waals surface area (Å²) in [6.45, 7) is 3.81. The molecule has 142 valence electrons. The van der Waals surface area contributed by atoms with Gasteiger partial charge in [-0.3, -0.25) is 4.98 Å². The highest BCUT2D eigenvalue weighted by atomic mass is 16.3. The highest BCUT2D eigenvalue weighted by Crippen LogP contribution is 2.33. The van der Waals surface area contributed by atoms with Crippen LogP contribution in [0.25, 0.3) is 28.0 Å². The molecule has 4 N–H and O–H groups in total. The standard InChI is InChI=1S/C20H20N6O2/c1-12-10-15(11-13(2)22-12)16-17(14-6-4-3-5-7-14)23-19(21)26-18(16)24-25(8-9-27)20(26)28/h3-7,10-11,27H,8-9H2,1-2H3,(H2,21,22,23,24)/p+1. The first-order valence-electron chi connectivity index (χ1n) is 8.95. The minimum Gasteiger partial charge on any atom is -0.394 e. The summed E-state index contributed by atoms with van der Waals surface area (Å²) in [6, 6.07) is 13.6. The molecule has 4 rings (SSSR count). The number of hydrogen-bond donors (Lipinski definition) is 3. The second-order valence-electron chi connectivity index (χ2n) is 6.65. The molecule has 1 aromatic carbocycles. The molecule has 0 aliphatic heterocycles. The first-order chi connectivity index (χ1) is 13.5. The average molecular weight is 377 g/mol. The summed E-state index contributed by atoms with van der Waals surface area (Å²) >= 11 is 0. The molecule has 0 atom stereocenters. The molecule has 0 bridgehead atoms. The van der Waals surface area contributed by atoms with Gasteiger partial charge in [-0.1, -0.05) is 30.3 Å². The number of nitrogens with zero attached hydrogens (tertiary/aromatic N) is 4. The molecule has 8 heteroatoms. The van der Waals surface area contributed by atoms with E-state index in [1.807, 2.05) is 56.3 Å². The number of hydrogen-bond acceptors (Lipinski definition) is 5. The predicted molar refractivity (Wildman–Crippen MR) is 106 cm³/mol. The fraction of sp³-hybridized carbons (Fsp3) is 0.200. The molecule has 0 saturated carbocycles. The number of aliphatic hydroxyl groups excluding tert-OH is 1. The van der Waals surface area contributed by atoms with E-state index < -0.39 is 0 Å². The van der Waals surface area contributed by atoms with Crippen molar-refractivity contribution in [1.82, 2.24) is 19.7 Å². The van der Waals surface area contributed by atoms with Crippen LogP contribution in [0.3, 0.4) is 0 Å². The molecule has 0 saturated heterocycles. The monoisotopic (exact) mass is 377 g/mol. The zero-order valence-electron chi connectivity index (χ0n) is 15.7. The molecule has 8 nitrogen and oxygen atoms in total. The van der Waals surface area contributed by atoms with Crippen LogP contribution in [0, 0.1) is 13.8 Å². The third-order valence-electron chi connectivity index (χ3n) is 4.56. The average Bonchev–Trinajstić information content (AvgIpc) is 2.98. The molecular formula is C20H21N6O2+. The van der Waals surface area contributed by atoms with Crippen molar-refractivity contribution in [2.45, 2.75) is 20.4 Å². The molecule has 0 radical (unpaired) electrons. The van der Waals surface area contributed by atoms with Crippen molar-refractivity contribution in [2.75, 3.05) is 12.3 Å². The van der Waals surface area contributed by atoms with E-state index in [-0.39, 0.29) is 24.8 Å². The number of anilines is 1. The van der Waals surface area contributed by atoms with E-state index in [0.717, 1.165) is 28.1 Å². The van der Waals surface area contributed by atoms with Crippen LogP contribution >= 0.6 is 0 Å². The van der Waals surface area contributed by atoms with Crippen LogP contribution in [0.15, 0.2) is 47.3 Å². The van der Waals surface area contributed by atoms with Gasteiger partial charge in [-0.2, -0.15) is 4.68 Å². The predicted octanol–water partition coefficient (Wildman–Crippen LogP) is 1.23. The van der Waals surface area contributed by atoms with Crippen LogP contribution in [0.2, 0.25) is 0 Å². The van der Waals surface area contributed by atoms with Crippen molar-refractivity contribution in [3.05, 3.63) is 64.3 Å². The molecule has 0 aliphatic carbocycles. The Bertz CT molecular complexity index is 1210. The van der Waals surface area contributed by atoms with Gasteiger partial charge in [0, 0.05) is 17.0 Å². The van der Waals surface area contributed by atoms with Crippen molar-refractivity contribution < 1.29 is 9.51 Å². The fourth-order valence-corrected chi connectivity index (χ4v) is 3.46. The summed E-state index contributed by atoms with van der Waals surface area (Å²) in [6.07, 6.45) is 0. The van der Waals surface area contributed by atoms with Crippen molar-refractivity contribution in [3.8, 4) is 22.4 Å². The minimum absolute atomic E-state index is 0.0815. The van der Waals surface area contributed by atoms with Crippen LogP contribution < -0.4 is 15.8 Å². The van der Waals surface area contributed by atoms with Gasteiger partial charge in [-0.15, -0.1) is 9.38 Å². The Morgan fingerprint density at radius 3 is 2.43 bits per heavy atom. The molecule has 4 aromatic rings. The highest BCUT2D eigenvalue weighted by Gasteiger charge is 2.25. The first-order valence-corrected chi connectivity index (χ1v) is 8.95. The Morgan fingerprint density at radius 2 is 1.79 bits per heavy atom. The first kappa shape index (κ1) is 17.9.